The van der Waals surface area contributed by atoms with E-state index >= 15 is 0 Å². The molecular weight excluding hydrogens is 402 g/mol. The highest BCUT2D eigenvalue weighted by Gasteiger charge is 2.41. The molecule has 3 heterocycles. The molecule has 2 aromatic carbocycles. The fourth-order valence-electron chi connectivity index (χ4n) is 4.85. The summed E-state index contributed by atoms with van der Waals surface area (Å²) in [6, 6.07) is 16.5. The Labute approximate surface area is 190 Å². The Hall–Kier alpha value is -2.83. The summed E-state index contributed by atoms with van der Waals surface area (Å²) < 4.78 is 11.5. The molecule has 2 aromatic rings. The maximum atomic E-state index is 6.07. The number of hydrogen-bond donors (Lipinski definition) is 0. The summed E-state index contributed by atoms with van der Waals surface area (Å²) in [5.74, 6) is 1.70. The van der Waals surface area contributed by atoms with Crippen molar-refractivity contribution in [1.29, 1.82) is 0 Å². The standard InChI is InChI=1S/C26H31N3O3/c1-19(15-20-7-4-3-5-8-20)16-28-11-13-29(14-12-28)17-24-22-18-31-26-21(25(22)27-32-24)9-6-10-23(26)30-2/h3-10,15,22,24H,11-14,16-18H2,1-2H3/b19-15+. The number of hydrogen-bond acceptors (Lipinski definition) is 6. The lowest BCUT2D eigenvalue weighted by Crippen LogP contribution is -2.50. The summed E-state index contributed by atoms with van der Waals surface area (Å²) >= 11 is 0. The van der Waals surface area contributed by atoms with Crippen LogP contribution in [0.15, 0.2) is 59.3 Å². The van der Waals surface area contributed by atoms with Gasteiger partial charge in [0.2, 0.25) is 0 Å². The van der Waals surface area contributed by atoms with Crippen LogP contribution < -0.4 is 9.47 Å². The van der Waals surface area contributed by atoms with Crippen molar-refractivity contribution in [2.45, 2.75) is 13.0 Å². The Morgan fingerprint density at radius 3 is 2.62 bits per heavy atom. The lowest BCUT2D eigenvalue weighted by molar-refractivity contribution is 0.00992. The van der Waals surface area contributed by atoms with Gasteiger partial charge in [-0.1, -0.05) is 53.2 Å². The molecule has 0 radical (unpaired) electrons. The van der Waals surface area contributed by atoms with Crippen LogP contribution >= 0.6 is 0 Å². The maximum Gasteiger partial charge on any atom is 0.170 e. The fourth-order valence-corrected chi connectivity index (χ4v) is 4.85. The van der Waals surface area contributed by atoms with E-state index in [9.17, 15) is 0 Å². The Bertz CT molecular complexity index is 997. The van der Waals surface area contributed by atoms with Crippen molar-refractivity contribution in [1.82, 2.24) is 9.80 Å². The SMILES string of the molecule is COc1cccc2c1OCC1C2=NOC1CN1CCN(C/C(C)=C/c2ccccc2)CC1. The van der Waals surface area contributed by atoms with E-state index in [1.165, 1.54) is 11.1 Å². The van der Waals surface area contributed by atoms with Gasteiger partial charge in [0.05, 0.1) is 13.0 Å². The molecule has 0 amide bonds. The minimum atomic E-state index is 0.0376. The number of oxime groups is 1. The van der Waals surface area contributed by atoms with Crippen molar-refractivity contribution in [3.63, 3.8) is 0 Å². The molecule has 0 N–H and O–H groups in total. The number of piperazine rings is 1. The van der Waals surface area contributed by atoms with Crippen LogP contribution in [0.25, 0.3) is 6.08 Å². The average molecular weight is 434 g/mol. The first-order chi connectivity index (χ1) is 15.7. The van der Waals surface area contributed by atoms with Gasteiger partial charge in [0.1, 0.15) is 12.3 Å². The molecule has 0 bridgehead atoms. The van der Waals surface area contributed by atoms with E-state index in [-0.39, 0.29) is 12.0 Å². The molecule has 0 saturated carbocycles. The normalized spacial score (nSPS) is 23.6. The number of nitrogens with zero attached hydrogens (tertiary/aromatic N) is 3. The van der Waals surface area contributed by atoms with E-state index in [2.05, 4.69) is 58.3 Å². The Morgan fingerprint density at radius 2 is 1.84 bits per heavy atom. The second-order valence-electron chi connectivity index (χ2n) is 8.85. The number of fused-ring (bicyclic) bond motifs is 3. The molecule has 3 aliphatic heterocycles. The molecule has 5 rings (SSSR count). The second-order valence-corrected chi connectivity index (χ2v) is 8.85. The van der Waals surface area contributed by atoms with Gasteiger partial charge in [-0.15, -0.1) is 0 Å². The third-order valence-corrected chi connectivity index (χ3v) is 6.56. The minimum absolute atomic E-state index is 0.0376. The molecule has 0 aliphatic carbocycles. The van der Waals surface area contributed by atoms with Crippen LogP contribution in [0.2, 0.25) is 0 Å². The zero-order chi connectivity index (χ0) is 21.9. The first-order valence-corrected chi connectivity index (χ1v) is 11.4. The van der Waals surface area contributed by atoms with E-state index in [1.54, 1.807) is 7.11 Å². The van der Waals surface area contributed by atoms with Crippen molar-refractivity contribution in [3.05, 3.63) is 65.2 Å². The molecule has 6 heteroatoms. The largest absolute Gasteiger partial charge is 0.493 e. The summed E-state index contributed by atoms with van der Waals surface area (Å²) in [6.45, 7) is 8.94. The van der Waals surface area contributed by atoms with Gasteiger partial charge in [-0.2, -0.15) is 0 Å². The van der Waals surface area contributed by atoms with Crippen molar-refractivity contribution >= 4 is 11.8 Å². The first-order valence-electron chi connectivity index (χ1n) is 11.4. The number of para-hydroxylation sites is 1. The van der Waals surface area contributed by atoms with E-state index in [1.807, 2.05) is 18.2 Å². The third kappa shape index (κ3) is 4.38. The number of benzene rings is 2. The molecule has 0 aromatic heterocycles. The van der Waals surface area contributed by atoms with Gasteiger partial charge in [-0.3, -0.25) is 9.80 Å². The van der Waals surface area contributed by atoms with E-state index in [0.29, 0.717) is 6.61 Å². The fraction of sp³-hybridized carbons (Fsp3) is 0.423. The number of ether oxygens (including phenoxy) is 2. The maximum absolute atomic E-state index is 6.07. The highest BCUT2D eigenvalue weighted by atomic mass is 16.6. The van der Waals surface area contributed by atoms with Crippen molar-refractivity contribution in [2.75, 3.05) is 53.0 Å². The average Bonchev–Trinajstić information content (AvgIpc) is 3.23. The Kier molecular flexibility index (Phi) is 6.14. The summed E-state index contributed by atoms with van der Waals surface area (Å²) in [4.78, 5) is 10.9. The van der Waals surface area contributed by atoms with Gasteiger partial charge < -0.3 is 14.3 Å². The van der Waals surface area contributed by atoms with Gasteiger partial charge in [0.15, 0.2) is 17.6 Å². The van der Waals surface area contributed by atoms with Crippen molar-refractivity contribution < 1.29 is 14.3 Å². The monoisotopic (exact) mass is 433 g/mol. The van der Waals surface area contributed by atoms with Crippen LogP contribution in [0, 0.1) is 5.92 Å². The Balaban J connectivity index is 1.14. The van der Waals surface area contributed by atoms with Crippen LogP contribution in [0.4, 0.5) is 0 Å². The minimum Gasteiger partial charge on any atom is -0.493 e. The molecule has 2 unspecified atom stereocenters. The second kappa shape index (κ2) is 9.35. The predicted octanol–water partition coefficient (Wildman–Crippen LogP) is 3.53. The van der Waals surface area contributed by atoms with Crippen LogP contribution in [-0.2, 0) is 4.84 Å². The molecule has 3 aliphatic rings. The first kappa shape index (κ1) is 21.0. The van der Waals surface area contributed by atoms with Gasteiger partial charge in [0.25, 0.3) is 0 Å². The molecular formula is C26H31N3O3. The summed E-state index contributed by atoms with van der Waals surface area (Å²) in [5.41, 5.74) is 4.66. The zero-order valence-electron chi connectivity index (χ0n) is 18.9. The van der Waals surface area contributed by atoms with Gasteiger partial charge in [0, 0.05) is 44.8 Å². The molecule has 1 fully saturated rings. The van der Waals surface area contributed by atoms with Crippen molar-refractivity contribution in [2.24, 2.45) is 11.1 Å². The number of methoxy groups -OCH3 is 1. The zero-order valence-corrected chi connectivity index (χ0v) is 18.9. The van der Waals surface area contributed by atoms with E-state index < -0.39 is 0 Å². The topological polar surface area (TPSA) is 46.5 Å². The molecule has 2 atom stereocenters. The van der Waals surface area contributed by atoms with E-state index in [4.69, 9.17) is 14.3 Å². The van der Waals surface area contributed by atoms with Crippen molar-refractivity contribution in [3.8, 4) is 11.5 Å². The molecule has 168 valence electrons. The predicted molar refractivity (Wildman–Crippen MR) is 126 cm³/mol. The van der Waals surface area contributed by atoms with Gasteiger partial charge >= 0.3 is 0 Å². The van der Waals surface area contributed by atoms with Crippen LogP contribution in [0.1, 0.15) is 18.1 Å². The number of rotatable bonds is 6. The summed E-state index contributed by atoms with van der Waals surface area (Å²) in [7, 11) is 1.67. The molecule has 1 saturated heterocycles. The third-order valence-electron chi connectivity index (χ3n) is 6.56. The van der Waals surface area contributed by atoms with Crippen LogP contribution in [0.5, 0.6) is 11.5 Å². The lowest BCUT2D eigenvalue weighted by Gasteiger charge is -2.36. The highest BCUT2D eigenvalue weighted by molar-refractivity contribution is 6.06. The highest BCUT2D eigenvalue weighted by Crippen LogP contribution is 2.39. The van der Waals surface area contributed by atoms with Gasteiger partial charge in [-0.25, -0.2) is 0 Å². The quantitative estimate of drug-likeness (QED) is 0.698. The molecule has 32 heavy (non-hydrogen) atoms. The van der Waals surface area contributed by atoms with E-state index in [0.717, 1.165) is 62.0 Å². The smallest absolute Gasteiger partial charge is 0.170 e. The van der Waals surface area contributed by atoms with Crippen LogP contribution in [0.3, 0.4) is 0 Å². The van der Waals surface area contributed by atoms with Gasteiger partial charge in [-0.05, 0) is 24.6 Å². The van der Waals surface area contributed by atoms with Crippen LogP contribution in [-0.4, -0.2) is 74.6 Å². The summed E-state index contributed by atoms with van der Waals surface area (Å²) in [5, 5.41) is 4.45. The lowest BCUT2D eigenvalue weighted by atomic mass is 9.90. The summed E-state index contributed by atoms with van der Waals surface area (Å²) in [6.07, 6.45) is 2.32. The Morgan fingerprint density at radius 1 is 1.06 bits per heavy atom. The molecule has 6 nitrogen and oxygen atoms in total. The molecule has 0 spiro atoms.